The lowest BCUT2D eigenvalue weighted by molar-refractivity contribution is -0.122. The molecule has 0 aliphatic carbocycles. The molecule has 0 spiro atoms. The zero-order chi connectivity index (χ0) is 19.7. The van der Waals surface area contributed by atoms with E-state index in [1.54, 1.807) is 25.3 Å². The number of carbonyl (C=O) groups excluding carboxylic acids is 1. The molecular formula is C22H24Cl2N2O2. The number of fused-ring (bicyclic) bond motifs is 2. The maximum Gasteiger partial charge on any atom is 0.227 e. The Morgan fingerprint density at radius 1 is 1.07 bits per heavy atom. The molecule has 4 nitrogen and oxygen atoms in total. The molecule has 0 aromatic heterocycles. The van der Waals surface area contributed by atoms with E-state index in [-0.39, 0.29) is 11.8 Å². The fraction of sp³-hybridized carbons (Fsp3) is 0.409. The molecule has 2 aliphatic rings. The van der Waals surface area contributed by atoms with Gasteiger partial charge in [-0.1, -0.05) is 35.3 Å². The predicted molar refractivity (Wildman–Crippen MR) is 113 cm³/mol. The monoisotopic (exact) mass is 418 g/mol. The zero-order valence-corrected chi connectivity index (χ0v) is 17.3. The highest BCUT2D eigenvalue weighted by Gasteiger charge is 2.42. The summed E-state index contributed by atoms with van der Waals surface area (Å²) >= 11 is 12.1. The minimum absolute atomic E-state index is 0.0163. The number of carbonyl (C=O) groups is 1. The van der Waals surface area contributed by atoms with E-state index in [1.165, 1.54) is 5.56 Å². The van der Waals surface area contributed by atoms with Crippen LogP contribution in [-0.4, -0.2) is 30.0 Å². The van der Waals surface area contributed by atoms with Crippen molar-refractivity contribution in [3.05, 3.63) is 58.1 Å². The molecule has 1 amide bonds. The van der Waals surface area contributed by atoms with Gasteiger partial charge in [0, 0.05) is 34.6 Å². The van der Waals surface area contributed by atoms with E-state index in [2.05, 4.69) is 22.3 Å². The molecule has 148 valence electrons. The van der Waals surface area contributed by atoms with Gasteiger partial charge in [0.15, 0.2) is 0 Å². The topological polar surface area (TPSA) is 41.6 Å². The van der Waals surface area contributed by atoms with Gasteiger partial charge >= 0.3 is 0 Å². The molecule has 2 bridgehead atoms. The van der Waals surface area contributed by atoms with Gasteiger partial charge in [-0.3, -0.25) is 9.69 Å². The molecule has 2 atom stereocenters. The minimum atomic E-state index is 0.0163. The third-order valence-corrected chi connectivity index (χ3v) is 6.44. The first-order chi connectivity index (χ1) is 13.5. The van der Waals surface area contributed by atoms with Crippen molar-refractivity contribution in [3.8, 4) is 5.75 Å². The molecule has 6 heteroatoms. The second kappa shape index (κ2) is 8.32. The third-order valence-electron chi connectivity index (χ3n) is 5.95. The Morgan fingerprint density at radius 3 is 2.36 bits per heavy atom. The molecule has 2 unspecified atom stereocenters. The zero-order valence-electron chi connectivity index (χ0n) is 15.8. The van der Waals surface area contributed by atoms with Crippen LogP contribution < -0.4 is 10.1 Å². The van der Waals surface area contributed by atoms with Crippen molar-refractivity contribution in [3.63, 3.8) is 0 Å². The molecule has 0 radical (unpaired) electrons. The van der Waals surface area contributed by atoms with E-state index < -0.39 is 0 Å². The summed E-state index contributed by atoms with van der Waals surface area (Å²) in [7, 11) is 1.59. The Labute approximate surface area is 175 Å². The number of rotatable bonds is 5. The first-order valence-electron chi connectivity index (χ1n) is 9.68. The van der Waals surface area contributed by atoms with Crippen molar-refractivity contribution in [1.82, 2.24) is 4.90 Å². The Morgan fingerprint density at radius 2 is 1.71 bits per heavy atom. The Balaban J connectivity index is 1.42. The van der Waals surface area contributed by atoms with Crippen LogP contribution in [0.3, 0.4) is 0 Å². The lowest BCUT2D eigenvalue weighted by atomic mass is 9.89. The van der Waals surface area contributed by atoms with E-state index in [9.17, 15) is 4.79 Å². The van der Waals surface area contributed by atoms with Crippen molar-refractivity contribution in [1.29, 1.82) is 0 Å². The van der Waals surface area contributed by atoms with Crippen molar-refractivity contribution < 1.29 is 9.53 Å². The standard InChI is InChI=1S/C22H24Cl2N2O2/c1-28-21-9-6-17(24)12-20(21)25-22(27)15-10-18-7-8-19(11-15)26(18)13-14-2-4-16(23)5-3-14/h2-6,9,12,15,18-19H,7-8,10-11,13H2,1H3,(H,25,27). The highest BCUT2D eigenvalue weighted by Crippen LogP contribution is 2.40. The fourth-order valence-electron chi connectivity index (χ4n) is 4.56. The fourth-order valence-corrected chi connectivity index (χ4v) is 4.86. The van der Waals surface area contributed by atoms with Crippen molar-refractivity contribution >= 4 is 34.8 Å². The van der Waals surface area contributed by atoms with Gasteiger partial charge in [-0.05, 0) is 61.6 Å². The van der Waals surface area contributed by atoms with Crippen molar-refractivity contribution in [2.75, 3.05) is 12.4 Å². The Bertz CT molecular complexity index is 842. The average Bonchev–Trinajstić information content (AvgIpc) is 2.90. The van der Waals surface area contributed by atoms with Crippen LogP contribution in [-0.2, 0) is 11.3 Å². The highest BCUT2D eigenvalue weighted by atomic mass is 35.5. The average molecular weight is 419 g/mol. The lowest BCUT2D eigenvalue weighted by Crippen LogP contribution is -2.45. The maximum absolute atomic E-state index is 12.9. The van der Waals surface area contributed by atoms with Crippen molar-refractivity contribution in [2.45, 2.75) is 44.3 Å². The normalized spacial score (nSPS) is 24.2. The molecular weight excluding hydrogens is 395 g/mol. The van der Waals surface area contributed by atoms with Crippen LogP contribution in [0.4, 0.5) is 5.69 Å². The lowest BCUT2D eigenvalue weighted by Gasteiger charge is -2.38. The molecule has 1 N–H and O–H groups in total. The molecule has 28 heavy (non-hydrogen) atoms. The van der Waals surface area contributed by atoms with Gasteiger partial charge in [0.25, 0.3) is 0 Å². The van der Waals surface area contributed by atoms with Crippen molar-refractivity contribution in [2.24, 2.45) is 5.92 Å². The summed E-state index contributed by atoms with van der Waals surface area (Å²) in [6.07, 6.45) is 4.09. The number of piperidine rings is 1. The van der Waals surface area contributed by atoms with Crippen LogP contribution >= 0.6 is 23.2 Å². The summed E-state index contributed by atoms with van der Waals surface area (Å²) in [6, 6.07) is 14.2. The van der Waals surface area contributed by atoms with E-state index >= 15 is 0 Å². The van der Waals surface area contributed by atoms with Gasteiger partial charge < -0.3 is 10.1 Å². The van der Waals surface area contributed by atoms with E-state index in [4.69, 9.17) is 27.9 Å². The smallest absolute Gasteiger partial charge is 0.227 e. The largest absolute Gasteiger partial charge is 0.495 e. The Kier molecular flexibility index (Phi) is 5.81. The van der Waals surface area contributed by atoms with Gasteiger partial charge in [0.2, 0.25) is 5.91 Å². The summed E-state index contributed by atoms with van der Waals surface area (Å²) < 4.78 is 5.34. The van der Waals surface area contributed by atoms with Crippen LogP contribution in [0, 0.1) is 5.92 Å². The van der Waals surface area contributed by atoms with Gasteiger partial charge in [-0.25, -0.2) is 0 Å². The predicted octanol–water partition coefficient (Wildman–Crippen LogP) is 5.38. The number of halogens is 2. The summed E-state index contributed by atoms with van der Waals surface area (Å²) in [5.74, 6) is 0.701. The number of benzene rings is 2. The van der Waals surface area contributed by atoms with E-state index in [0.717, 1.165) is 37.3 Å². The maximum atomic E-state index is 12.9. The second-order valence-corrected chi connectivity index (χ2v) is 8.56. The van der Waals surface area contributed by atoms with Gasteiger partial charge in [-0.2, -0.15) is 0 Å². The van der Waals surface area contributed by atoms with Gasteiger partial charge in [0.1, 0.15) is 5.75 Å². The van der Waals surface area contributed by atoms with Gasteiger partial charge in [-0.15, -0.1) is 0 Å². The molecule has 2 aromatic carbocycles. The van der Waals surface area contributed by atoms with Crippen LogP contribution in [0.1, 0.15) is 31.2 Å². The number of hydrogen-bond donors (Lipinski definition) is 1. The highest BCUT2D eigenvalue weighted by molar-refractivity contribution is 6.31. The molecule has 2 fully saturated rings. The summed E-state index contributed by atoms with van der Waals surface area (Å²) in [5, 5.41) is 4.37. The minimum Gasteiger partial charge on any atom is -0.495 e. The molecule has 2 saturated heterocycles. The van der Waals surface area contributed by atoms with E-state index in [0.29, 0.717) is 28.5 Å². The third kappa shape index (κ3) is 4.14. The first-order valence-corrected chi connectivity index (χ1v) is 10.4. The molecule has 2 heterocycles. The molecule has 2 aliphatic heterocycles. The summed E-state index contributed by atoms with van der Waals surface area (Å²) in [4.78, 5) is 15.5. The Hall–Kier alpha value is -1.75. The quantitative estimate of drug-likeness (QED) is 0.707. The summed E-state index contributed by atoms with van der Waals surface area (Å²) in [6.45, 7) is 0.920. The summed E-state index contributed by atoms with van der Waals surface area (Å²) in [5.41, 5.74) is 1.91. The van der Waals surface area contributed by atoms with Crippen LogP contribution in [0.5, 0.6) is 5.75 Å². The van der Waals surface area contributed by atoms with Crippen LogP contribution in [0.25, 0.3) is 0 Å². The number of methoxy groups -OCH3 is 1. The number of nitrogens with one attached hydrogen (secondary N) is 1. The van der Waals surface area contributed by atoms with Crippen LogP contribution in [0.2, 0.25) is 10.0 Å². The SMILES string of the molecule is COc1ccc(Cl)cc1NC(=O)C1CC2CCC(C1)N2Cc1ccc(Cl)cc1. The molecule has 0 saturated carbocycles. The number of amides is 1. The molecule has 2 aromatic rings. The first kappa shape index (κ1) is 19.6. The second-order valence-electron chi connectivity index (χ2n) is 7.69. The van der Waals surface area contributed by atoms with Crippen LogP contribution in [0.15, 0.2) is 42.5 Å². The number of hydrogen-bond acceptors (Lipinski definition) is 3. The molecule has 4 rings (SSSR count). The number of nitrogens with zero attached hydrogens (tertiary/aromatic N) is 1. The van der Waals surface area contributed by atoms with Gasteiger partial charge in [0.05, 0.1) is 12.8 Å². The van der Waals surface area contributed by atoms with E-state index in [1.807, 2.05) is 12.1 Å². The number of ether oxygens (including phenoxy) is 1. The number of anilines is 1.